The van der Waals surface area contributed by atoms with Crippen LogP contribution in [0.4, 0.5) is 0 Å². The van der Waals surface area contributed by atoms with Crippen LogP contribution in [0.15, 0.2) is 11.5 Å². The molecule has 0 aromatic rings. The topological polar surface area (TPSA) is 32.8 Å². The number of hydrogen-bond donors (Lipinski definition) is 0. The first-order valence-corrected chi connectivity index (χ1v) is 5.94. The van der Waals surface area contributed by atoms with Crippen molar-refractivity contribution in [2.45, 2.75) is 33.7 Å². The fourth-order valence-corrected chi connectivity index (χ4v) is 2.02. The van der Waals surface area contributed by atoms with Gasteiger partial charge in [-0.2, -0.15) is 0 Å². The maximum absolute atomic E-state index is 11.6. The maximum atomic E-state index is 11.6. The summed E-state index contributed by atoms with van der Waals surface area (Å²) in [7, 11) is 2.03. The van der Waals surface area contributed by atoms with Crippen LogP contribution in [-0.2, 0) is 9.53 Å². The van der Waals surface area contributed by atoms with E-state index in [0.29, 0.717) is 0 Å². The zero-order valence-electron chi connectivity index (χ0n) is 10.9. The third-order valence-corrected chi connectivity index (χ3v) is 3.05. The summed E-state index contributed by atoms with van der Waals surface area (Å²) in [5.74, 6) is 0.635. The van der Waals surface area contributed by atoms with Crippen molar-refractivity contribution in [2.24, 2.45) is 0 Å². The first kappa shape index (κ1) is 13.0. The van der Waals surface area contributed by atoms with Gasteiger partial charge in [0.25, 0.3) is 0 Å². The molecule has 0 bridgehead atoms. The minimum Gasteiger partial charge on any atom is -0.428 e. The molecule has 0 aromatic carbocycles. The van der Waals surface area contributed by atoms with Crippen molar-refractivity contribution in [1.29, 1.82) is 0 Å². The van der Waals surface area contributed by atoms with E-state index in [-0.39, 0.29) is 12.0 Å². The van der Waals surface area contributed by atoms with Gasteiger partial charge in [-0.15, -0.1) is 0 Å². The number of esters is 1. The largest absolute Gasteiger partial charge is 0.428 e. The summed E-state index contributed by atoms with van der Waals surface area (Å²) >= 11 is 0. The van der Waals surface area contributed by atoms with Crippen LogP contribution in [-0.4, -0.2) is 48.5 Å². The lowest BCUT2D eigenvalue weighted by Crippen LogP contribution is -2.56. The second-order valence-electron chi connectivity index (χ2n) is 4.03. The van der Waals surface area contributed by atoms with E-state index in [1.165, 1.54) is 0 Å². The molecule has 0 amide bonds. The summed E-state index contributed by atoms with van der Waals surface area (Å²) in [5.41, 5.74) is 1.10. The Morgan fingerprint density at radius 3 is 2.50 bits per heavy atom. The molecule has 1 unspecified atom stereocenters. The van der Waals surface area contributed by atoms with Crippen LogP contribution >= 0.6 is 0 Å². The van der Waals surface area contributed by atoms with Crippen molar-refractivity contribution >= 4 is 5.97 Å². The Labute approximate surface area is 97.9 Å². The van der Waals surface area contributed by atoms with Gasteiger partial charge < -0.3 is 14.5 Å². The molecule has 2 rings (SSSR count). The van der Waals surface area contributed by atoms with Gasteiger partial charge >= 0.3 is 5.97 Å². The van der Waals surface area contributed by atoms with E-state index in [9.17, 15) is 4.79 Å². The first-order valence-electron chi connectivity index (χ1n) is 5.94. The number of piperazine rings is 1. The van der Waals surface area contributed by atoms with E-state index >= 15 is 0 Å². The average molecular weight is 226 g/mol. The highest BCUT2D eigenvalue weighted by Crippen LogP contribution is 2.24. The van der Waals surface area contributed by atoms with E-state index in [2.05, 4.69) is 9.80 Å². The number of carbonyl (C=O) groups is 1. The number of ether oxygens (including phenoxy) is 1. The molecule has 92 valence electrons. The van der Waals surface area contributed by atoms with Gasteiger partial charge in [0.2, 0.25) is 0 Å². The molecule has 0 saturated carbocycles. The minimum absolute atomic E-state index is 0.0996. The highest BCUT2D eigenvalue weighted by atomic mass is 16.5. The number of allylic oxidation sites excluding steroid dienone is 2. The minimum atomic E-state index is -0.111. The molecule has 2 heterocycles. The van der Waals surface area contributed by atoms with E-state index in [1.807, 2.05) is 34.7 Å². The van der Waals surface area contributed by atoms with Gasteiger partial charge in [-0.1, -0.05) is 13.8 Å². The molecule has 1 atom stereocenters. The summed E-state index contributed by atoms with van der Waals surface area (Å²) in [6.45, 7) is 10.6. The van der Waals surface area contributed by atoms with Gasteiger partial charge in [0.1, 0.15) is 11.8 Å². The lowest BCUT2D eigenvalue weighted by molar-refractivity contribution is -0.150. The van der Waals surface area contributed by atoms with E-state index < -0.39 is 0 Å². The quantitative estimate of drug-likeness (QED) is 0.585. The van der Waals surface area contributed by atoms with Gasteiger partial charge in [-0.05, 0) is 20.9 Å². The summed E-state index contributed by atoms with van der Waals surface area (Å²) in [6.07, 6.45) is 0. The zero-order chi connectivity index (χ0) is 12.3. The second-order valence-corrected chi connectivity index (χ2v) is 4.03. The number of carbonyl (C=O) groups excluding carboxylic acids is 1. The molecule has 0 N–H and O–H groups in total. The molecule has 0 aromatic heterocycles. The van der Waals surface area contributed by atoms with E-state index in [1.54, 1.807) is 0 Å². The molecule has 2 aliphatic rings. The van der Waals surface area contributed by atoms with Crippen LogP contribution in [0.1, 0.15) is 27.7 Å². The number of likely N-dealkylation sites (N-methyl/N-ethyl adjacent to an activating group) is 1. The van der Waals surface area contributed by atoms with Crippen molar-refractivity contribution in [2.75, 3.05) is 26.7 Å². The smallest absolute Gasteiger partial charge is 0.335 e. The average Bonchev–Trinajstić information content (AvgIpc) is 2.29. The number of hydrogen-bond acceptors (Lipinski definition) is 4. The van der Waals surface area contributed by atoms with Gasteiger partial charge in [-0.3, -0.25) is 0 Å². The summed E-state index contributed by atoms with van der Waals surface area (Å²) < 4.78 is 5.19. The fourth-order valence-electron chi connectivity index (χ4n) is 2.02. The highest BCUT2D eigenvalue weighted by Gasteiger charge is 2.36. The third kappa shape index (κ3) is 2.38. The molecule has 2 aliphatic heterocycles. The Morgan fingerprint density at radius 1 is 1.25 bits per heavy atom. The third-order valence-electron chi connectivity index (χ3n) is 3.05. The van der Waals surface area contributed by atoms with Crippen LogP contribution in [0.2, 0.25) is 0 Å². The lowest BCUT2D eigenvalue weighted by atomic mass is 10.1. The van der Waals surface area contributed by atoms with E-state index in [4.69, 9.17) is 4.74 Å². The van der Waals surface area contributed by atoms with Crippen LogP contribution < -0.4 is 0 Å². The summed E-state index contributed by atoms with van der Waals surface area (Å²) in [5, 5.41) is 0. The molecule has 4 heteroatoms. The Kier molecular flexibility index (Phi) is 4.35. The summed E-state index contributed by atoms with van der Waals surface area (Å²) in [6, 6.07) is -0.0996. The van der Waals surface area contributed by atoms with Gasteiger partial charge in [0.05, 0.1) is 0 Å². The lowest BCUT2D eigenvalue weighted by Gasteiger charge is -2.43. The molecular weight excluding hydrogens is 204 g/mol. The molecular formula is C12H22N2O2. The molecule has 1 fully saturated rings. The zero-order valence-corrected chi connectivity index (χ0v) is 10.9. The van der Waals surface area contributed by atoms with Crippen molar-refractivity contribution in [3.8, 4) is 0 Å². The SMILES string of the molecule is CC.CC1=C(C)N2CCN(C)CC2C(=O)O1. The predicted molar refractivity (Wildman–Crippen MR) is 63.8 cm³/mol. The van der Waals surface area contributed by atoms with Crippen molar-refractivity contribution in [3.63, 3.8) is 0 Å². The number of fused-ring (bicyclic) bond motifs is 1. The van der Waals surface area contributed by atoms with Crippen LogP contribution in [0, 0.1) is 0 Å². The van der Waals surface area contributed by atoms with Crippen molar-refractivity contribution in [1.82, 2.24) is 9.80 Å². The number of rotatable bonds is 0. The summed E-state index contributed by atoms with van der Waals surface area (Å²) in [4.78, 5) is 15.9. The Morgan fingerprint density at radius 2 is 1.88 bits per heavy atom. The molecule has 0 radical (unpaired) electrons. The van der Waals surface area contributed by atoms with Gasteiger partial charge in [-0.25, -0.2) is 4.79 Å². The van der Waals surface area contributed by atoms with Gasteiger partial charge in [0, 0.05) is 25.3 Å². The number of nitrogens with zero attached hydrogens (tertiary/aromatic N) is 2. The molecule has 4 nitrogen and oxygen atoms in total. The predicted octanol–water partition coefficient (Wildman–Crippen LogP) is 1.44. The highest BCUT2D eigenvalue weighted by molar-refractivity contribution is 5.78. The van der Waals surface area contributed by atoms with Crippen LogP contribution in [0.3, 0.4) is 0 Å². The van der Waals surface area contributed by atoms with Crippen molar-refractivity contribution < 1.29 is 9.53 Å². The fraction of sp³-hybridized carbons (Fsp3) is 0.750. The molecule has 0 aliphatic carbocycles. The van der Waals surface area contributed by atoms with Crippen LogP contribution in [0.5, 0.6) is 0 Å². The van der Waals surface area contributed by atoms with Gasteiger partial charge in [0.15, 0.2) is 0 Å². The van der Waals surface area contributed by atoms with Crippen molar-refractivity contribution in [3.05, 3.63) is 11.5 Å². The maximum Gasteiger partial charge on any atom is 0.335 e. The standard InChI is InChI=1S/C10H16N2O2.C2H6/c1-7-8(2)14-10(13)9-6-11(3)4-5-12(7)9;1-2/h9H,4-6H2,1-3H3;1-2H3. The monoisotopic (exact) mass is 226 g/mol. The molecule has 0 spiro atoms. The first-order chi connectivity index (χ1) is 7.59. The van der Waals surface area contributed by atoms with E-state index in [0.717, 1.165) is 31.1 Å². The van der Waals surface area contributed by atoms with Crippen LogP contribution in [0.25, 0.3) is 0 Å². The Hall–Kier alpha value is -1.03. The Bertz CT molecular complexity index is 299. The molecule has 1 saturated heterocycles. The second kappa shape index (κ2) is 5.34. The molecule has 16 heavy (non-hydrogen) atoms. The Balaban J connectivity index is 0.000000606. The normalized spacial score (nSPS) is 25.7. The number of cyclic esters (lactones) is 1.